The first-order valence-electron chi connectivity index (χ1n) is 4.78. The fourth-order valence-electron chi connectivity index (χ4n) is 1.31. The second-order valence-electron chi connectivity index (χ2n) is 3.68. The Balaban J connectivity index is 2.76. The van der Waals surface area contributed by atoms with Crippen molar-refractivity contribution in [3.05, 3.63) is 44.0 Å². The van der Waals surface area contributed by atoms with Crippen molar-refractivity contribution < 1.29 is 5.11 Å². The second kappa shape index (κ2) is 6.01. The summed E-state index contributed by atoms with van der Waals surface area (Å²) in [7, 11) is 0. The Hall–Kier alpha value is 0.130. The smallest absolute Gasteiger partial charge is 0.0804 e. The highest BCUT2D eigenvalue weighted by molar-refractivity contribution is 14.1. The van der Waals surface area contributed by atoms with E-state index in [1.165, 1.54) is 0 Å². The van der Waals surface area contributed by atoms with E-state index in [0.29, 0.717) is 0 Å². The van der Waals surface area contributed by atoms with Gasteiger partial charge in [0.05, 0.1) is 6.10 Å². The molecule has 1 N–H and O–H groups in total. The molecule has 1 atom stereocenters. The van der Waals surface area contributed by atoms with Crippen LogP contribution in [0.4, 0.5) is 0 Å². The van der Waals surface area contributed by atoms with Gasteiger partial charge in [0.1, 0.15) is 0 Å². The van der Waals surface area contributed by atoms with E-state index in [9.17, 15) is 5.11 Å². The molecule has 15 heavy (non-hydrogen) atoms. The lowest BCUT2D eigenvalue weighted by Crippen LogP contribution is -1.99. The third kappa shape index (κ3) is 4.25. The molecule has 0 aliphatic carbocycles. The molecule has 0 aliphatic heterocycles. The molecular weight excluding hydrogens is 367 g/mol. The van der Waals surface area contributed by atoms with Crippen molar-refractivity contribution in [1.29, 1.82) is 0 Å². The van der Waals surface area contributed by atoms with Crippen LogP contribution in [0.1, 0.15) is 31.4 Å². The number of hydrogen-bond acceptors (Lipinski definition) is 1. The summed E-state index contributed by atoms with van der Waals surface area (Å²) in [6.45, 7) is 5.82. The van der Waals surface area contributed by atoms with Crippen molar-refractivity contribution in [2.75, 3.05) is 0 Å². The Morgan fingerprint density at radius 1 is 1.60 bits per heavy atom. The van der Waals surface area contributed by atoms with Crippen LogP contribution >= 0.6 is 38.5 Å². The van der Waals surface area contributed by atoms with Crippen molar-refractivity contribution in [2.45, 2.75) is 25.9 Å². The van der Waals surface area contributed by atoms with E-state index in [4.69, 9.17) is 0 Å². The average molecular weight is 381 g/mol. The van der Waals surface area contributed by atoms with Gasteiger partial charge in [0.15, 0.2) is 0 Å². The SMILES string of the molecule is C=C(C)CCC(O)c1cc(I)ccc1Br. The van der Waals surface area contributed by atoms with Crippen molar-refractivity contribution >= 4 is 38.5 Å². The van der Waals surface area contributed by atoms with Crippen LogP contribution in [0.2, 0.25) is 0 Å². The summed E-state index contributed by atoms with van der Waals surface area (Å²) in [5.41, 5.74) is 2.07. The highest BCUT2D eigenvalue weighted by Crippen LogP contribution is 2.28. The fraction of sp³-hybridized carbons (Fsp3) is 0.333. The molecule has 82 valence electrons. The van der Waals surface area contributed by atoms with Crippen LogP contribution in [0.5, 0.6) is 0 Å². The van der Waals surface area contributed by atoms with E-state index in [1.54, 1.807) is 0 Å². The van der Waals surface area contributed by atoms with Gasteiger partial charge in [-0.15, -0.1) is 6.58 Å². The molecule has 1 rings (SSSR count). The zero-order valence-corrected chi connectivity index (χ0v) is 12.4. The lowest BCUT2D eigenvalue weighted by molar-refractivity contribution is 0.167. The highest BCUT2D eigenvalue weighted by atomic mass is 127. The van der Waals surface area contributed by atoms with Crippen LogP contribution in [-0.4, -0.2) is 5.11 Å². The molecular formula is C12H14BrIO. The maximum Gasteiger partial charge on any atom is 0.0804 e. The quantitative estimate of drug-likeness (QED) is 0.604. The first-order valence-corrected chi connectivity index (χ1v) is 6.65. The number of halogens is 2. The van der Waals surface area contributed by atoms with Gasteiger partial charge in [-0.2, -0.15) is 0 Å². The fourth-order valence-corrected chi connectivity index (χ4v) is 2.33. The number of rotatable bonds is 4. The third-order valence-electron chi connectivity index (χ3n) is 2.16. The molecule has 3 heteroatoms. The van der Waals surface area contributed by atoms with E-state index < -0.39 is 6.10 Å². The van der Waals surface area contributed by atoms with Crippen molar-refractivity contribution in [1.82, 2.24) is 0 Å². The molecule has 0 aromatic heterocycles. The van der Waals surface area contributed by atoms with Crippen LogP contribution in [-0.2, 0) is 0 Å². The summed E-state index contributed by atoms with van der Waals surface area (Å²) in [5, 5.41) is 10.0. The van der Waals surface area contributed by atoms with E-state index in [2.05, 4.69) is 45.1 Å². The Morgan fingerprint density at radius 2 is 2.27 bits per heavy atom. The number of allylic oxidation sites excluding steroid dienone is 1. The second-order valence-corrected chi connectivity index (χ2v) is 5.78. The number of aliphatic hydroxyl groups excluding tert-OH is 1. The normalized spacial score (nSPS) is 12.5. The summed E-state index contributed by atoms with van der Waals surface area (Å²) in [4.78, 5) is 0. The van der Waals surface area contributed by atoms with Gasteiger partial charge >= 0.3 is 0 Å². The maximum absolute atomic E-state index is 10.0. The van der Waals surface area contributed by atoms with Gasteiger partial charge in [-0.3, -0.25) is 0 Å². The van der Waals surface area contributed by atoms with Crippen molar-refractivity contribution in [3.63, 3.8) is 0 Å². The summed E-state index contributed by atoms with van der Waals surface area (Å²) < 4.78 is 2.11. The molecule has 1 nitrogen and oxygen atoms in total. The molecule has 0 heterocycles. The van der Waals surface area contributed by atoms with E-state index in [-0.39, 0.29) is 0 Å². The Labute approximate surface area is 113 Å². The predicted octanol–water partition coefficient (Wildman–Crippen LogP) is 4.44. The van der Waals surface area contributed by atoms with Gasteiger partial charge < -0.3 is 5.11 Å². The van der Waals surface area contributed by atoms with Crippen LogP contribution in [0.25, 0.3) is 0 Å². The average Bonchev–Trinajstić information content (AvgIpc) is 2.18. The van der Waals surface area contributed by atoms with Crippen LogP contribution in [0.15, 0.2) is 34.8 Å². The minimum atomic E-state index is -0.411. The van der Waals surface area contributed by atoms with E-state index in [0.717, 1.165) is 32.0 Å². The van der Waals surface area contributed by atoms with Gasteiger partial charge in [-0.1, -0.05) is 21.5 Å². The molecule has 0 spiro atoms. The summed E-state index contributed by atoms with van der Waals surface area (Å²) in [5.74, 6) is 0. The summed E-state index contributed by atoms with van der Waals surface area (Å²) in [6.07, 6.45) is 1.18. The zero-order chi connectivity index (χ0) is 11.4. The highest BCUT2D eigenvalue weighted by Gasteiger charge is 2.11. The summed E-state index contributed by atoms with van der Waals surface area (Å²) in [6, 6.07) is 5.99. The molecule has 0 radical (unpaired) electrons. The van der Waals surface area contributed by atoms with Crippen LogP contribution in [0.3, 0.4) is 0 Å². The molecule has 0 saturated heterocycles. The van der Waals surface area contributed by atoms with Gasteiger partial charge in [0.25, 0.3) is 0 Å². The third-order valence-corrected chi connectivity index (χ3v) is 3.55. The predicted molar refractivity (Wildman–Crippen MR) is 75.9 cm³/mol. The van der Waals surface area contributed by atoms with Gasteiger partial charge in [0.2, 0.25) is 0 Å². The topological polar surface area (TPSA) is 20.2 Å². The number of benzene rings is 1. The molecule has 1 aromatic rings. The molecule has 0 bridgehead atoms. The van der Waals surface area contributed by atoms with Gasteiger partial charge in [-0.05, 0) is 66.1 Å². The first-order chi connectivity index (χ1) is 7.00. The molecule has 0 fully saturated rings. The van der Waals surface area contributed by atoms with Crippen molar-refractivity contribution in [2.24, 2.45) is 0 Å². The van der Waals surface area contributed by atoms with Gasteiger partial charge in [-0.25, -0.2) is 0 Å². The van der Waals surface area contributed by atoms with Crippen molar-refractivity contribution in [3.8, 4) is 0 Å². The molecule has 0 saturated carbocycles. The summed E-state index contributed by atoms with van der Waals surface area (Å²) >= 11 is 5.70. The largest absolute Gasteiger partial charge is 0.388 e. The minimum Gasteiger partial charge on any atom is -0.388 e. The van der Waals surface area contributed by atoms with Crippen LogP contribution in [0, 0.1) is 3.57 Å². The molecule has 1 aromatic carbocycles. The molecule has 1 unspecified atom stereocenters. The van der Waals surface area contributed by atoms with E-state index in [1.807, 2.05) is 25.1 Å². The van der Waals surface area contributed by atoms with E-state index >= 15 is 0 Å². The zero-order valence-electron chi connectivity index (χ0n) is 8.63. The monoisotopic (exact) mass is 380 g/mol. The molecule has 0 amide bonds. The Kier molecular flexibility index (Phi) is 5.29. The minimum absolute atomic E-state index is 0.411. The van der Waals surface area contributed by atoms with Crippen LogP contribution < -0.4 is 0 Å². The lowest BCUT2D eigenvalue weighted by Gasteiger charge is -2.13. The maximum atomic E-state index is 10.0. The Bertz CT molecular complexity index is 363. The number of hydrogen-bond donors (Lipinski definition) is 1. The molecule has 0 aliphatic rings. The number of aliphatic hydroxyl groups is 1. The van der Waals surface area contributed by atoms with Gasteiger partial charge in [0, 0.05) is 8.04 Å². The lowest BCUT2D eigenvalue weighted by atomic mass is 10.0. The standard InChI is InChI=1S/C12H14BrIO/c1-8(2)3-6-12(15)10-7-9(14)4-5-11(10)13/h4-5,7,12,15H,1,3,6H2,2H3. The first kappa shape index (κ1) is 13.2. The Morgan fingerprint density at radius 3 is 2.87 bits per heavy atom.